The van der Waals surface area contributed by atoms with Gasteiger partial charge < -0.3 is 9.30 Å². The van der Waals surface area contributed by atoms with Gasteiger partial charge in [0, 0.05) is 36.1 Å². The SMILES string of the molecule is [2H]c1c([2H])c(C(=O)Cc2cc3cc(-c4cncn4C)ncc3cn2)c([2H])c([2H])c1OC([2H])([2H])[2H]. The summed E-state index contributed by atoms with van der Waals surface area (Å²) in [7, 11) is -1.12. The number of hydrogen-bond acceptors (Lipinski definition) is 5. The lowest BCUT2D eigenvalue weighted by Gasteiger charge is -2.06. The first-order valence-electron chi connectivity index (χ1n) is 11.5. The molecule has 0 bridgehead atoms. The van der Waals surface area contributed by atoms with Crippen LogP contribution < -0.4 is 4.74 Å². The van der Waals surface area contributed by atoms with Crippen molar-refractivity contribution in [3.63, 3.8) is 0 Å². The Kier molecular flexibility index (Phi) is 2.74. The fourth-order valence-electron chi connectivity index (χ4n) is 2.67. The highest BCUT2D eigenvalue weighted by Crippen LogP contribution is 2.22. The Bertz CT molecular complexity index is 1400. The summed E-state index contributed by atoms with van der Waals surface area (Å²) in [6, 6.07) is 0.704. The van der Waals surface area contributed by atoms with Crippen molar-refractivity contribution in [2.75, 3.05) is 7.04 Å². The molecule has 0 atom stereocenters. The summed E-state index contributed by atoms with van der Waals surface area (Å²) in [6.07, 6.45) is 6.27. The number of ether oxygens (including phenoxy) is 1. The van der Waals surface area contributed by atoms with Gasteiger partial charge in [0.2, 0.25) is 0 Å². The van der Waals surface area contributed by atoms with Crippen LogP contribution in [0.3, 0.4) is 0 Å². The smallest absolute Gasteiger partial charge is 0.168 e. The van der Waals surface area contributed by atoms with Crippen molar-refractivity contribution in [3.05, 3.63) is 72.5 Å². The van der Waals surface area contributed by atoms with Crippen LogP contribution in [0.4, 0.5) is 0 Å². The van der Waals surface area contributed by atoms with Crippen LogP contribution >= 0.6 is 0 Å². The van der Waals surface area contributed by atoms with E-state index < -0.39 is 48.3 Å². The fraction of sp³-hybridized carbons (Fsp3) is 0.143. The quantitative estimate of drug-likeness (QED) is 0.507. The Morgan fingerprint density at radius 1 is 1.15 bits per heavy atom. The summed E-state index contributed by atoms with van der Waals surface area (Å²) in [5.41, 5.74) is 1.39. The van der Waals surface area contributed by atoms with E-state index in [1.807, 2.05) is 17.7 Å². The maximum Gasteiger partial charge on any atom is 0.168 e. The van der Waals surface area contributed by atoms with Gasteiger partial charge in [0.15, 0.2) is 5.78 Å². The van der Waals surface area contributed by atoms with E-state index in [0.29, 0.717) is 11.4 Å². The molecule has 0 unspecified atom stereocenters. The third-order valence-electron chi connectivity index (χ3n) is 4.06. The third-order valence-corrected chi connectivity index (χ3v) is 4.06. The van der Waals surface area contributed by atoms with E-state index in [2.05, 4.69) is 19.7 Å². The van der Waals surface area contributed by atoms with E-state index in [-0.39, 0.29) is 6.42 Å². The number of ketones is 1. The zero-order valence-electron chi connectivity index (χ0n) is 21.3. The molecule has 6 heteroatoms. The Morgan fingerprint density at radius 2 is 1.96 bits per heavy atom. The predicted octanol–water partition coefficient (Wildman–Crippen LogP) is 3.46. The number of hydrogen-bond donors (Lipinski definition) is 0. The van der Waals surface area contributed by atoms with E-state index >= 15 is 0 Å². The van der Waals surface area contributed by atoms with Gasteiger partial charge >= 0.3 is 0 Å². The molecule has 6 nitrogen and oxygen atoms in total. The minimum Gasteiger partial charge on any atom is -0.497 e. The second kappa shape index (κ2) is 6.99. The molecular formula is C21H18N4O2. The van der Waals surface area contributed by atoms with E-state index in [1.165, 1.54) is 0 Å². The zero-order chi connectivity index (χ0) is 24.8. The fourth-order valence-corrected chi connectivity index (χ4v) is 2.67. The van der Waals surface area contributed by atoms with Crippen molar-refractivity contribution < 1.29 is 19.1 Å². The van der Waals surface area contributed by atoms with Gasteiger partial charge in [0.25, 0.3) is 0 Å². The number of fused-ring (bicyclic) bond motifs is 1. The molecule has 0 aliphatic rings. The summed E-state index contributed by atoms with van der Waals surface area (Å²) < 4.78 is 60.2. The van der Waals surface area contributed by atoms with Crippen LogP contribution in [0.1, 0.15) is 25.6 Å². The normalized spacial score (nSPS) is 15.1. The highest BCUT2D eigenvalue weighted by molar-refractivity contribution is 5.98. The van der Waals surface area contributed by atoms with Crippen LogP contribution in [0.25, 0.3) is 22.2 Å². The molecule has 4 aromatic rings. The van der Waals surface area contributed by atoms with Crippen LogP contribution in [-0.4, -0.2) is 32.3 Å². The highest BCUT2D eigenvalue weighted by atomic mass is 16.5. The predicted molar refractivity (Wildman–Crippen MR) is 103 cm³/mol. The number of nitrogens with zero attached hydrogens (tertiary/aromatic N) is 4. The Morgan fingerprint density at radius 3 is 2.70 bits per heavy atom. The van der Waals surface area contributed by atoms with Crippen molar-refractivity contribution in [2.45, 2.75) is 6.42 Å². The lowest BCUT2D eigenvalue weighted by atomic mass is 10.0. The molecule has 0 radical (unpaired) electrons. The number of rotatable bonds is 5. The molecule has 0 fully saturated rings. The molecule has 0 amide bonds. The number of carbonyl (C=O) groups is 1. The molecular weight excluding hydrogens is 340 g/mol. The monoisotopic (exact) mass is 365 g/mol. The number of carbonyl (C=O) groups excluding carboxylic acids is 1. The number of aromatic nitrogens is 4. The first-order valence-corrected chi connectivity index (χ1v) is 8.00. The molecule has 1 aromatic carbocycles. The van der Waals surface area contributed by atoms with Gasteiger partial charge in [0.1, 0.15) is 5.75 Å². The van der Waals surface area contributed by atoms with Crippen molar-refractivity contribution in [1.82, 2.24) is 19.5 Å². The molecule has 3 aromatic heterocycles. The second-order valence-electron chi connectivity index (χ2n) is 5.89. The van der Waals surface area contributed by atoms with E-state index in [4.69, 9.17) is 9.60 Å². The third kappa shape index (κ3) is 3.42. The number of benzene rings is 1. The average Bonchev–Trinajstić information content (AvgIpc) is 3.20. The standard InChI is InChI=1S/C21H18N4O2/c1-25-13-22-12-20(25)19-8-15-7-17(23-10-16(15)11-24-19)9-21(26)14-3-5-18(27-2)6-4-14/h3-8,10-13H,9H2,1-2H3/i2D3,3D,4D,5D,6D. The number of methoxy groups -OCH3 is 1. The summed E-state index contributed by atoms with van der Waals surface area (Å²) >= 11 is 0. The van der Waals surface area contributed by atoms with Gasteiger partial charge in [-0.2, -0.15) is 0 Å². The van der Waals surface area contributed by atoms with Gasteiger partial charge in [-0.1, -0.05) is 0 Å². The molecule has 3 heterocycles. The molecule has 0 saturated carbocycles. The van der Waals surface area contributed by atoms with E-state index in [0.717, 1.165) is 16.5 Å². The summed E-state index contributed by atoms with van der Waals surface area (Å²) in [4.78, 5) is 25.7. The van der Waals surface area contributed by atoms with E-state index in [1.54, 1.807) is 31.0 Å². The zero-order valence-corrected chi connectivity index (χ0v) is 14.3. The summed E-state index contributed by atoms with van der Waals surface area (Å²) in [5.74, 6) is -1.42. The first kappa shape index (κ1) is 10.6. The molecule has 0 saturated heterocycles. The Balaban J connectivity index is 1.68. The van der Waals surface area contributed by atoms with E-state index in [9.17, 15) is 4.79 Å². The van der Waals surface area contributed by atoms with Crippen molar-refractivity contribution in [3.8, 4) is 17.1 Å². The van der Waals surface area contributed by atoms with Gasteiger partial charge in [-0.3, -0.25) is 14.8 Å². The number of Topliss-reactive ketones (excluding diaryl/α,β-unsaturated/α-hetero) is 1. The maximum atomic E-state index is 13.0. The number of imidazole rings is 1. The molecule has 0 aliphatic carbocycles. The van der Waals surface area contributed by atoms with Crippen LogP contribution in [0.2, 0.25) is 0 Å². The van der Waals surface area contributed by atoms with Crippen LogP contribution in [0, 0.1) is 0 Å². The number of aryl methyl sites for hydroxylation is 1. The molecule has 0 N–H and O–H groups in total. The summed E-state index contributed by atoms with van der Waals surface area (Å²) in [6.45, 7) is 0. The Labute approximate surface area is 166 Å². The van der Waals surface area contributed by atoms with Crippen LogP contribution in [0.5, 0.6) is 5.75 Å². The molecule has 27 heavy (non-hydrogen) atoms. The summed E-state index contributed by atoms with van der Waals surface area (Å²) in [5, 5.41) is 1.52. The molecule has 0 aliphatic heterocycles. The highest BCUT2D eigenvalue weighted by Gasteiger charge is 2.10. The lowest BCUT2D eigenvalue weighted by molar-refractivity contribution is 0.0992. The molecule has 4 rings (SSSR count). The van der Waals surface area contributed by atoms with Crippen LogP contribution in [0.15, 0.2) is 61.2 Å². The first-order chi connectivity index (χ1) is 16.0. The topological polar surface area (TPSA) is 69.9 Å². The lowest BCUT2D eigenvalue weighted by Crippen LogP contribution is -2.05. The molecule has 134 valence electrons. The Hall–Kier alpha value is -3.54. The van der Waals surface area contributed by atoms with Gasteiger partial charge in [-0.15, -0.1) is 0 Å². The van der Waals surface area contributed by atoms with Gasteiger partial charge in [-0.05, 0) is 41.7 Å². The van der Waals surface area contributed by atoms with Crippen molar-refractivity contribution in [1.29, 1.82) is 0 Å². The largest absolute Gasteiger partial charge is 0.497 e. The van der Waals surface area contributed by atoms with Gasteiger partial charge in [0.05, 0.1) is 47.0 Å². The van der Waals surface area contributed by atoms with Crippen molar-refractivity contribution in [2.24, 2.45) is 7.05 Å². The maximum absolute atomic E-state index is 13.0. The van der Waals surface area contributed by atoms with Crippen LogP contribution in [-0.2, 0) is 13.5 Å². The molecule has 0 spiro atoms. The number of pyridine rings is 2. The van der Waals surface area contributed by atoms with Gasteiger partial charge in [-0.25, -0.2) is 4.98 Å². The second-order valence-corrected chi connectivity index (χ2v) is 5.89. The van der Waals surface area contributed by atoms with Crippen molar-refractivity contribution >= 4 is 16.6 Å². The average molecular weight is 365 g/mol. The minimum atomic E-state index is -2.96. The minimum absolute atomic E-state index is 0.282.